The van der Waals surface area contributed by atoms with E-state index in [2.05, 4.69) is 15.6 Å². The van der Waals surface area contributed by atoms with Crippen LogP contribution in [0.2, 0.25) is 0 Å². The normalized spacial score (nSPS) is 11.9. The zero-order valence-corrected chi connectivity index (χ0v) is 16.6. The lowest BCUT2D eigenvalue weighted by Crippen LogP contribution is -2.47. The van der Waals surface area contributed by atoms with Crippen LogP contribution in [0.15, 0.2) is 53.9 Å². The van der Waals surface area contributed by atoms with E-state index in [1.807, 2.05) is 0 Å². The number of carbonyl (C=O) groups is 2. The molecule has 0 saturated heterocycles. The van der Waals surface area contributed by atoms with Crippen LogP contribution in [-0.4, -0.2) is 22.8 Å². The molecule has 0 aliphatic rings. The van der Waals surface area contributed by atoms with Gasteiger partial charge < -0.3 is 10.6 Å². The predicted octanol–water partition coefficient (Wildman–Crippen LogP) is 4.48. The summed E-state index contributed by atoms with van der Waals surface area (Å²) in [5.41, 5.74) is 0.991. The molecule has 2 N–H and O–H groups in total. The fourth-order valence-electron chi connectivity index (χ4n) is 2.69. The van der Waals surface area contributed by atoms with E-state index in [0.717, 1.165) is 0 Å². The molecule has 1 atom stereocenters. The van der Waals surface area contributed by atoms with Gasteiger partial charge in [0, 0.05) is 10.9 Å². The minimum absolute atomic E-state index is 0.131. The first kappa shape index (κ1) is 20.6. The number of rotatable bonds is 6. The Kier molecular flexibility index (Phi) is 6.33. The number of aromatic nitrogens is 1. The van der Waals surface area contributed by atoms with Gasteiger partial charge in [-0.2, -0.15) is 0 Å². The van der Waals surface area contributed by atoms with E-state index in [-0.39, 0.29) is 17.3 Å². The van der Waals surface area contributed by atoms with Crippen LogP contribution in [0.25, 0.3) is 11.3 Å². The Labute approximate surface area is 170 Å². The Morgan fingerprint density at radius 2 is 1.83 bits per heavy atom. The molecule has 0 fully saturated rings. The lowest BCUT2D eigenvalue weighted by molar-refractivity contribution is -0.118. The Bertz CT molecular complexity index is 1040. The second-order valence-corrected chi connectivity index (χ2v) is 7.57. The van der Waals surface area contributed by atoms with E-state index in [9.17, 15) is 18.4 Å². The summed E-state index contributed by atoms with van der Waals surface area (Å²) < 4.78 is 27.2. The molecule has 0 unspecified atom stereocenters. The zero-order chi connectivity index (χ0) is 21.0. The number of hydrogen-bond donors (Lipinski definition) is 2. The summed E-state index contributed by atoms with van der Waals surface area (Å²) in [6.45, 7) is 3.54. The van der Waals surface area contributed by atoms with Gasteiger partial charge in [0.25, 0.3) is 5.91 Å². The molecule has 2 amide bonds. The number of nitrogens with zero attached hydrogens (tertiary/aromatic N) is 1. The maximum Gasteiger partial charge on any atom is 0.254 e. The first-order valence-electron chi connectivity index (χ1n) is 8.93. The SMILES string of the molecule is CC(C)[C@H](NC(=O)c1ccccc1F)C(=O)Nc1nc(-c2cccc(F)c2)cs1. The van der Waals surface area contributed by atoms with Crippen molar-refractivity contribution < 1.29 is 18.4 Å². The van der Waals surface area contributed by atoms with Crippen LogP contribution in [0.3, 0.4) is 0 Å². The van der Waals surface area contributed by atoms with E-state index in [1.54, 1.807) is 37.4 Å². The van der Waals surface area contributed by atoms with Gasteiger partial charge in [-0.05, 0) is 30.2 Å². The van der Waals surface area contributed by atoms with E-state index < -0.39 is 23.7 Å². The summed E-state index contributed by atoms with van der Waals surface area (Å²) in [5.74, 6) is -2.42. The van der Waals surface area contributed by atoms with Crippen LogP contribution in [0.5, 0.6) is 0 Å². The average Bonchev–Trinajstić information content (AvgIpc) is 3.14. The topological polar surface area (TPSA) is 71.1 Å². The highest BCUT2D eigenvalue weighted by Gasteiger charge is 2.26. The largest absolute Gasteiger partial charge is 0.340 e. The first-order chi connectivity index (χ1) is 13.8. The van der Waals surface area contributed by atoms with Crippen LogP contribution in [0.4, 0.5) is 13.9 Å². The van der Waals surface area contributed by atoms with Gasteiger partial charge in [0.2, 0.25) is 5.91 Å². The highest BCUT2D eigenvalue weighted by Crippen LogP contribution is 2.25. The van der Waals surface area contributed by atoms with Crippen LogP contribution >= 0.6 is 11.3 Å². The second kappa shape index (κ2) is 8.91. The molecule has 0 bridgehead atoms. The third kappa shape index (κ3) is 5.03. The smallest absolute Gasteiger partial charge is 0.254 e. The summed E-state index contributed by atoms with van der Waals surface area (Å²) in [4.78, 5) is 29.4. The van der Waals surface area contributed by atoms with Crippen molar-refractivity contribution in [1.82, 2.24) is 10.3 Å². The number of halogens is 2. The minimum Gasteiger partial charge on any atom is -0.340 e. The summed E-state index contributed by atoms with van der Waals surface area (Å²) in [7, 11) is 0. The van der Waals surface area contributed by atoms with Crippen molar-refractivity contribution in [2.45, 2.75) is 19.9 Å². The molecule has 0 saturated carbocycles. The second-order valence-electron chi connectivity index (χ2n) is 6.71. The fourth-order valence-corrected chi connectivity index (χ4v) is 3.42. The maximum absolute atomic E-state index is 13.8. The monoisotopic (exact) mass is 415 g/mol. The maximum atomic E-state index is 13.8. The van der Waals surface area contributed by atoms with Gasteiger partial charge in [0.1, 0.15) is 17.7 Å². The van der Waals surface area contributed by atoms with Gasteiger partial charge in [0.05, 0.1) is 11.3 Å². The standard InChI is InChI=1S/C21H19F2N3O2S/c1-12(2)18(25-19(27)15-8-3-4-9-16(15)23)20(28)26-21-24-17(11-29-21)13-6-5-7-14(22)10-13/h3-12,18H,1-2H3,(H,25,27)(H,24,26,28)/t18-/m0/s1. The molecule has 150 valence electrons. The van der Waals surface area contributed by atoms with Crippen molar-refractivity contribution in [2.75, 3.05) is 5.32 Å². The third-order valence-corrected chi connectivity index (χ3v) is 4.97. The summed E-state index contributed by atoms with van der Waals surface area (Å²) in [6, 6.07) is 10.7. The van der Waals surface area contributed by atoms with Crippen LogP contribution in [-0.2, 0) is 4.79 Å². The molecule has 0 spiro atoms. The van der Waals surface area contributed by atoms with Gasteiger partial charge in [-0.25, -0.2) is 13.8 Å². The number of benzene rings is 2. The third-order valence-electron chi connectivity index (χ3n) is 4.21. The molecule has 1 heterocycles. The molecular formula is C21H19F2N3O2S. The number of nitrogens with one attached hydrogen (secondary N) is 2. The van der Waals surface area contributed by atoms with Crippen molar-refractivity contribution in [3.05, 3.63) is 71.1 Å². The van der Waals surface area contributed by atoms with E-state index >= 15 is 0 Å². The Morgan fingerprint density at radius 1 is 1.07 bits per heavy atom. The van der Waals surface area contributed by atoms with Crippen molar-refractivity contribution in [3.8, 4) is 11.3 Å². The molecule has 0 aliphatic carbocycles. The van der Waals surface area contributed by atoms with Gasteiger partial charge in [-0.15, -0.1) is 11.3 Å². The fraction of sp³-hybridized carbons (Fsp3) is 0.190. The van der Waals surface area contributed by atoms with Crippen molar-refractivity contribution in [1.29, 1.82) is 0 Å². The number of thiazole rings is 1. The molecule has 1 aromatic heterocycles. The molecule has 5 nitrogen and oxygen atoms in total. The highest BCUT2D eigenvalue weighted by atomic mass is 32.1. The Morgan fingerprint density at radius 3 is 2.52 bits per heavy atom. The average molecular weight is 415 g/mol. The molecular weight excluding hydrogens is 396 g/mol. The number of hydrogen-bond acceptors (Lipinski definition) is 4. The van der Waals surface area contributed by atoms with Crippen LogP contribution < -0.4 is 10.6 Å². The minimum atomic E-state index is -0.886. The van der Waals surface area contributed by atoms with Gasteiger partial charge in [-0.1, -0.05) is 38.1 Å². The summed E-state index contributed by atoms with van der Waals surface area (Å²) in [6.07, 6.45) is 0. The van der Waals surface area contributed by atoms with Crippen LogP contribution in [0.1, 0.15) is 24.2 Å². The Hall–Kier alpha value is -3.13. The van der Waals surface area contributed by atoms with Crippen LogP contribution in [0, 0.1) is 17.6 Å². The van der Waals surface area contributed by atoms with Crippen molar-refractivity contribution >= 4 is 28.3 Å². The summed E-state index contributed by atoms with van der Waals surface area (Å²) >= 11 is 1.19. The van der Waals surface area contributed by atoms with Crippen molar-refractivity contribution in [2.24, 2.45) is 5.92 Å². The van der Waals surface area contributed by atoms with Gasteiger partial charge >= 0.3 is 0 Å². The molecule has 0 aliphatic heterocycles. The molecule has 3 rings (SSSR count). The summed E-state index contributed by atoms with van der Waals surface area (Å²) in [5, 5.41) is 7.26. The van der Waals surface area contributed by atoms with E-state index in [0.29, 0.717) is 16.4 Å². The number of anilines is 1. The lowest BCUT2D eigenvalue weighted by Gasteiger charge is -2.21. The molecule has 2 aromatic carbocycles. The predicted molar refractivity (Wildman–Crippen MR) is 109 cm³/mol. The van der Waals surface area contributed by atoms with Crippen molar-refractivity contribution in [3.63, 3.8) is 0 Å². The zero-order valence-electron chi connectivity index (χ0n) is 15.8. The quantitative estimate of drug-likeness (QED) is 0.624. The van der Waals surface area contributed by atoms with Gasteiger partial charge in [-0.3, -0.25) is 9.59 Å². The van der Waals surface area contributed by atoms with E-state index in [1.165, 1.54) is 41.7 Å². The number of amides is 2. The van der Waals surface area contributed by atoms with E-state index in [4.69, 9.17) is 0 Å². The molecule has 3 aromatic rings. The van der Waals surface area contributed by atoms with Gasteiger partial charge in [0.15, 0.2) is 5.13 Å². The Balaban J connectivity index is 1.72. The number of carbonyl (C=O) groups excluding carboxylic acids is 2. The first-order valence-corrected chi connectivity index (χ1v) is 9.81. The molecule has 29 heavy (non-hydrogen) atoms. The molecule has 8 heteroatoms. The molecule has 0 radical (unpaired) electrons. The lowest BCUT2D eigenvalue weighted by atomic mass is 10.0. The highest BCUT2D eigenvalue weighted by molar-refractivity contribution is 7.14.